The molecular formula is C25H36FN3O3S. The predicted octanol–water partition coefficient (Wildman–Crippen LogP) is 5.04. The van der Waals surface area contributed by atoms with Crippen LogP contribution >= 0.6 is 0 Å². The maximum absolute atomic E-state index is 14.3. The van der Waals surface area contributed by atoms with Gasteiger partial charge in [0, 0.05) is 23.3 Å². The van der Waals surface area contributed by atoms with Crippen LogP contribution < -0.4 is 10.0 Å². The zero-order chi connectivity index (χ0) is 24.8. The van der Waals surface area contributed by atoms with Crippen LogP contribution in [-0.4, -0.2) is 25.6 Å². The summed E-state index contributed by atoms with van der Waals surface area (Å²) in [6.45, 7) is 10.6. The van der Waals surface area contributed by atoms with E-state index in [-0.39, 0.29) is 17.0 Å². The van der Waals surface area contributed by atoms with Gasteiger partial charge in [0.1, 0.15) is 5.82 Å². The van der Waals surface area contributed by atoms with Gasteiger partial charge in [-0.1, -0.05) is 52.7 Å². The molecule has 0 aliphatic heterocycles. The van der Waals surface area contributed by atoms with E-state index in [1.54, 1.807) is 13.0 Å². The van der Waals surface area contributed by atoms with E-state index in [1.807, 2.05) is 12.1 Å². The Morgan fingerprint density at radius 1 is 1.15 bits per heavy atom. The number of benzene rings is 1. The van der Waals surface area contributed by atoms with Crippen molar-refractivity contribution in [3.63, 3.8) is 0 Å². The van der Waals surface area contributed by atoms with Crippen molar-refractivity contribution < 1.29 is 17.6 Å². The minimum absolute atomic E-state index is 0.0575. The first-order valence-corrected chi connectivity index (χ1v) is 13.2. The summed E-state index contributed by atoms with van der Waals surface area (Å²) >= 11 is 0. The van der Waals surface area contributed by atoms with Crippen molar-refractivity contribution in [3.05, 3.63) is 58.7 Å². The van der Waals surface area contributed by atoms with E-state index in [0.29, 0.717) is 12.1 Å². The van der Waals surface area contributed by atoms with Crippen molar-refractivity contribution in [1.29, 1.82) is 0 Å². The lowest BCUT2D eigenvalue weighted by molar-refractivity contribution is -0.122. The predicted molar refractivity (Wildman–Crippen MR) is 131 cm³/mol. The molecule has 1 amide bonds. The van der Waals surface area contributed by atoms with E-state index in [2.05, 4.69) is 37.7 Å². The maximum Gasteiger partial charge on any atom is 0.229 e. The molecule has 1 unspecified atom stereocenters. The quantitative estimate of drug-likeness (QED) is 0.469. The molecule has 0 aliphatic rings. The zero-order valence-corrected chi connectivity index (χ0v) is 21.3. The highest BCUT2D eigenvalue weighted by Gasteiger charge is 2.20. The Hall–Kier alpha value is -2.48. The van der Waals surface area contributed by atoms with E-state index >= 15 is 0 Å². The Labute approximate surface area is 197 Å². The highest BCUT2D eigenvalue weighted by Crippen LogP contribution is 2.24. The number of unbranched alkanes of at least 4 members (excludes halogenated alkanes) is 2. The first-order chi connectivity index (χ1) is 15.3. The lowest BCUT2D eigenvalue weighted by Gasteiger charge is -2.21. The van der Waals surface area contributed by atoms with E-state index in [4.69, 9.17) is 4.98 Å². The summed E-state index contributed by atoms with van der Waals surface area (Å²) in [4.78, 5) is 17.7. The van der Waals surface area contributed by atoms with Gasteiger partial charge in [-0.2, -0.15) is 0 Å². The van der Waals surface area contributed by atoms with E-state index < -0.39 is 21.8 Å². The number of aryl methyl sites for hydroxylation is 1. The molecule has 0 aliphatic carbocycles. The highest BCUT2D eigenvalue weighted by molar-refractivity contribution is 7.92. The van der Waals surface area contributed by atoms with Gasteiger partial charge in [-0.3, -0.25) is 14.5 Å². The van der Waals surface area contributed by atoms with Crippen molar-refractivity contribution in [3.8, 4) is 0 Å². The lowest BCUT2D eigenvalue weighted by Crippen LogP contribution is -2.28. The largest absolute Gasteiger partial charge is 0.351 e. The van der Waals surface area contributed by atoms with Crippen molar-refractivity contribution in [2.75, 3.05) is 11.0 Å². The fourth-order valence-corrected chi connectivity index (χ4v) is 4.00. The van der Waals surface area contributed by atoms with Crippen LogP contribution in [-0.2, 0) is 33.2 Å². The SMILES string of the molecule is CCCCCc1nc(C(C)(C)C)ccc1CNC(=O)C(C)c1ccc(NS(C)(=O)=O)c(F)c1. The van der Waals surface area contributed by atoms with Gasteiger partial charge in [0.15, 0.2) is 0 Å². The Morgan fingerprint density at radius 3 is 2.42 bits per heavy atom. The van der Waals surface area contributed by atoms with Gasteiger partial charge >= 0.3 is 0 Å². The number of sulfonamides is 1. The van der Waals surface area contributed by atoms with Crippen LogP contribution in [0.15, 0.2) is 30.3 Å². The molecule has 2 N–H and O–H groups in total. The molecule has 1 atom stereocenters. The molecule has 1 heterocycles. The summed E-state index contributed by atoms with van der Waals surface area (Å²) in [7, 11) is -3.59. The first-order valence-electron chi connectivity index (χ1n) is 11.4. The van der Waals surface area contributed by atoms with Crippen LogP contribution in [0, 0.1) is 5.82 Å². The summed E-state index contributed by atoms with van der Waals surface area (Å²) < 4.78 is 39.1. The highest BCUT2D eigenvalue weighted by atomic mass is 32.2. The van der Waals surface area contributed by atoms with E-state index in [0.717, 1.165) is 48.9 Å². The summed E-state index contributed by atoms with van der Waals surface area (Å²) in [5.74, 6) is -1.56. The number of hydrogen-bond donors (Lipinski definition) is 2. The van der Waals surface area contributed by atoms with Crippen LogP contribution in [0.4, 0.5) is 10.1 Å². The van der Waals surface area contributed by atoms with Crippen LogP contribution in [0.3, 0.4) is 0 Å². The molecule has 182 valence electrons. The second kappa shape index (κ2) is 11.1. The minimum Gasteiger partial charge on any atom is -0.351 e. The molecule has 0 saturated carbocycles. The molecule has 1 aromatic heterocycles. The van der Waals surface area contributed by atoms with Crippen LogP contribution in [0.25, 0.3) is 0 Å². The smallest absolute Gasteiger partial charge is 0.229 e. The van der Waals surface area contributed by atoms with Gasteiger partial charge < -0.3 is 5.32 Å². The topological polar surface area (TPSA) is 88.2 Å². The monoisotopic (exact) mass is 477 g/mol. The molecule has 0 spiro atoms. The van der Waals surface area contributed by atoms with Gasteiger partial charge in [0.25, 0.3) is 0 Å². The Bertz CT molecular complexity index is 1080. The van der Waals surface area contributed by atoms with Gasteiger partial charge in [-0.25, -0.2) is 12.8 Å². The number of rotatable bonds is 10. The first kappa shape index (κ1) is 26.8. The number of nitrogens with one attached hydrogen (secondary N) is 2. The molecule has 0 fully saturated rings. The molecule has 0 radical (unpaired) electrons. The minimum atomic E-state index is -3.59. The number of carbonyl (C=O) groups excluding carboxylic acids is 1. The van der Waals surface area contributed by atoms with Crippen molar-refractivity contribution in [2.45, 2.75) is 78.2 Å². The van der Waals surface area contributed by atoms with Crippen LogP contribution in [0.1, 0.15) is 82.3 Å². The summed E-state index contributed by atoms with van der Waals surface area (Å²) in [6.07, 6.45) is 5.10. The molecule has 2 rings (SSSR count). The number of carbonyl (C=O) groups is 1. The summed E-state index contributed by atoms with van der Waals surface area (Å²) in [5, 5.41) is 2.95. The maximum atomic E-state index is 14.3. The number of amides is 1. The Kier molecular flexibility index (Phi) is 9.00. The summed E-state index contributed by atoms with van der Waals surface area (Å²) in [6, 6.07) is 8.11. The number of anilines is 1. The Balaban J connectivity index is 2.13. The molecule has 0 bridgehead atoms. The fraction of sp³-hybridized carbons (Fsp3) is 0.520. The lowest BCUT2D eigenvalue weighted by atomic mass is 9.90. The number of pyridine rings is 1. The van der Waals surface area contributed by atoms with Crippen LogP contribution in [0.2, 0.25) is 0 Å². The van der Waals surface area contributed by atoms with Gasteiger partial charge in [-0.05, 0) is 49.1 Å². The third-order valence-corrected chi connectivity index (χ3v) is 6.08. The van der Waals surface area contributed by atoms with Gasteiger partial charge in [-0.15, -0.1) is 0 Å². The van der Waals surface area contributed by atoms with Crippen LogP contribution in [0.5, 0.6) is 0 Å². The van der Waals surface area contributed by atoms with Crippen molar-refractivity contribution in [2.24, 2.45) is 0 Å². The molecule has 33 heavy (non-hydrogen) atoms. The molecule has 1 aromatic carbocycles. The zero-order valence-electron chi connectivity index (χ0n) is 20.5. The molecule has 0 saturated heterocycles. The van der Waals surface area contributed by atoms with E-state index in [1.165, 1.54) is 12.1 Å². The number of hydrogen-bond acceptors (Lipinski definition) is 4. The third kappa shape index (κ3) is 8.11. The normalized spacial score (nSPS) is 12.9. The average Bonchev–Trinajstić information content (AvgIpc) is 2.72. The Morgan fingerprint density at radius 2 is 1.85 bits per heavy atom. The second-order valence-corrected chi connectivity index (χ2v) is 11.3. The number of aromatic nitrogens is 1. The van der Waals surface area contributed by atoms with Gasteiger partial charge in [0.2, 0.25) is 15.9 Å². The number of nitrogens with zero attached hydrogens (tertiary/aromatic N) is 1. The second-order valence-electron chi connectivity index (χ2n) is 9.56. The number of halogens is 1. The molecule has 8 heteroatoms. The molecular weight excluding hydrogens is 441 g/mol. The third-order valence-electron chi connectivity index (χ3n) is 5.49. The molecule has 6 nitrogen and oxygen atoms in total. The standard InChI is InChI=1S/C25H36FN3O3S/c1-7-8-9-10-21-19(12-14-23(28-21)25(3,4)5)16-27-24(30)17(2)18-11-13-22(20(26)15-18)29-33(6,31)32/h11-15,17,29H,7-10,16H2,1-6H3,(H,27,30). The fourth-order valence-electron chi connectivity index (χ4n) is 3.44. The van der Waals surface area contributed by atoms with Crippen molar-refractivity contribution >= 4 is 21.6 Å². The van der Waals surface area contributed by atoms with E-state index in [9.17, 15) is 17.6 Å². The van der Waals surface area contributed by atoms with Crippen molar-refractivity contribution in [1.82, 2.24) is 10.3 Å². The summed E-state index contributed by atoms with van der Waals surface area (Å²) in [5.41, 5.74) is 3.28. The average molecular weight is 478 g/mol. The molecule has 2 aromatic rings. The van der Waals surface area contributed by atoms with Gasteiger partial charge in [0.05, 0.1) is 17.9 Å².